The molecule has 0 aromatic carbocycles. The van der Waals surface area contributed by atoms with E-state index in [1.54, 1.807) is 0 Å². The molecule has 1 aliphatic heterocycles. The van der Waals surface area contributed by atoms with Crippen LogP contribution < -0.4 is 5.43 Å². The predicted octanol–water partition coefficient (Wildman–Crippen LogP) is 0.591. The smallest absolute Gasteiger partial charge is 0.123 e. The fourth-order valence-corrected chi connectivity index (χ4v) is 0.961. The van der Waals surface area contributed by atoms with Crippen molar-refractivity contribution in [2.45, 2.75) is 26.8 Å². The highest BCUT2D eigenvalue weighted by atomic mass is 15.5. The summed E-state index contributed by atoms with van der Waals surface area (Å²) in [5.74, 6) is 1.09. The van der Waals surface area contributed by atoms with Gasteiger partial charge in [-0.15, -0.1) is 0 Å². The van der Waals surface area contributed by atoms with Crippen LogP contribution in [0, 0.1) is 0 Å². The van der Waals surface area contributed by atoms with Crippen LogP contribution in [0.4, 0.5) is 0 Å². The zero-order valence-electron chi connectivity index (χ0n) is 6.18. The van der Waals surface area contributed by atoms with Gasteiger partial charge >= 0.3 is 0 Å². The highest BCUT2D eigenvalue weighted by molar-refractivity contribution is 5.80. The molecule has 1 N–H and O–H groups in total. The van der Waals surface area contributed by atoms with Crippen LogP contribution in [0.25, 0.3) is 0 Å². The Labute approximate surface area is 55.7 Å². The van der Waals surface area contributed by atoms with Gasteiger partial charge in [0, 0.05) is 6.04 Å². The fourth-order valence-electron chi connectivity index (χ4n) is 0.961. The monoisotopic (exact) mass is 127 g/mol. The highest BCUT2D eigenvalue weighted by Gasteiger charge is 2.13. The minimum absolute atomic E-state index is 0.559. The van der Waals surface area contributed by atoms with Gasteiger partial charge in [0.05, 0.1) is 0 Å². The molecule has 0 unspecified atom stereocenters. The molecule has 9 heavy (non-hydrogen) atoms. The third-order valence-corrected chi connectivity index (χ3v) is 1.52. The van der Waals surface area contributed by atoms with Gasteiger partial charge < -0.3 is 4.90 Å². The van der Waals surface area contributed by atoms with Crippen molar-refractivity contribution in [2.75, 3.05) is 6.67 Å². The van der Waals surface area contributed by atoms with Gasteiger partial charge in [-0.2, -0.15) is 5.10 Å². The summed E-state index contributed by atoms with van der Waals surface area (Å²) in [6.45, 7) is 7.20. The summed E-state index contributed by atoms with van der Waals surface area (Å²) in [6, 6.07) is 0.559. The first kappa shape index (κ1) is 6.39. The Morgan fingerprint density at radius 3 is 2.56 bits per heavy atom. The number of hydrogen-bond acceptors (Lipinski definition) is 3. The van der Waals surface area contributed by atoms with Crippen molar-refractivity contribution >= 4 is 5.84 Å². The lowest BCUT2D eigenvalue weighted by molar-refractivity contribution is 0.355. The van der Waals surface area contributed by atoms with Gasteiger partial charge in [-0.3, -0.25) is 5.43 Å². The van der Waals surface area contributed by atoms with Crippen LogP contribution in [0.5, 0.6) is 0 Å². The van der Waals surface area contributed by atoms with Crippen molar-refractivity contribution in [3.63, 3.8) is 0 Å². The molecule has 0 bridgehead atoms. The number of rotatable bonds is 1. The Bertz CT molecular complexity index is 128. The molecule has 0 spiro atoms. The summed E-state index contributed by atoms with van der Waals surface area (Å²) >= 11 is 0. The van der Waals surface area contributed by atoms with Crippen LogP contribution >= 0.6 is 0 Å². The predicted molar refractivity (Wildman–Crippen MR) is 38.1 cm³/mol. The first-order valence-corrected chi connectivity index (χ1v) is 3.25. The lowest BCUT2D eigenvalue weighted by Gasteiger charge is -2.20. The molecule has 0 fully saturated rings. The summed E-state index contributed by atoms with van der Waals surface area (Å²) < 4.78 is 0. The van der Waals surface area contributed by atoms with Crippen LogP contribution in [-0.2, 0) is 0 Å². The van der Waals surface area contributed by atoms with E-state index in [1.165, 1.54) is 0 Å². The third kappa shape index (κ3) is 1.15. The molecular formula is C6H13N3. The minimum atomic E-state index is 0.559. The Morgan fingerprint density at radius 2 is 2.33 bits per heavy atom. The molecular weight excluding hydrogens is 114 g/mol. The minimum Gasteiger partial charge on any atom is -0.337 e. The van der Waals surface area contributed by atoms with Gasteiger partial charge in [-0.25, -0.2) is 0 Å². The number of hydrazone groups is 1. The average molecular weight is 127 g/mol. The van der Waals surface area contributed by atoms with Crippen molar-refractivity contribution in [1.82, 2.24) is 10.3 Å². The van der Waals surface area contributed by atoms with Crippen LogP contribution in [0.3, 0.4) is 0 Å². The molecule has 0 amide bonds. The Morgan fingerprint density at radius 1 is 1.67 bits per heavy atom. The van der Waals surface area contributed by atoms with Crippen LogP contribution in [0.15, 0.2) is 5.10 Å². The molecule has 1 aliphatic rings. The number of nitrogens with one attached hydrogen (secondary N) is 1. The van der Waals surface area contributed by atoms with E-state index in [9.17, 15) is 0 Å². The second-order valence-corrected chi connectivity index (χ2v) is 2.54. The second kappa shape index (κ2) is 2.25. The molecule has 0 saturated heterocycles. The maximum absolute atomic E-state index is 4.03. The van der Waals surface area contributed by atoms with E-state index in [2.05, 4.69) is 29.3 Å². The largest absolute Gasteiger partial charge is 0.337 e. The fraction of sp³-hybridized carbons (Fsp3) is 0.833. The van der Waals surface area contributed by atoms with Crippen LogP contribution in [0.2, 0.25) is 0 Å². The van der Waals surface area contributed by atoms with E-state index < -0.39 is 0 Å². The van der Waals surface area contributed by atoms with E-state index >= 15 is 0 Å². The summed E-state index contributed by atoms with van der Waals surface area (Å²) in [4.78, 5) is 2.21. The van der Waals surface area contributed by atoms with Crippen molar-refractivity contribution in [2.24, 2.45) is 5.10 Å². The van der Waals surface area contributed by atoms with E-state index in [1.807, 2.05) is 6.92 Å². The molecule has 3 heteroatoms. The molecule has 3 nitrogen and oxygen atoms in total. The zero-order chi connectivity index (χ0) is 6.85. The Kier molecular flexibility index (Phi) is 1.60. The van der Waals surface area contributed by atoms with E-state index in [-0.39, 0.29) is 0 Å². The molecule has 0 aromatic heterocycles. The zero-order valence-corrected chi connectivity index (χ0v) is 6.18. The first-order valence-electron chi connectivity index (χ1n) is 3.25. The molecule has 0 aliphatic carbocycles. The number of amidine groups is 1. The molecule has 0 radical (unpaired) electrons. The molecule has 0 aromatic rings. The van der Waals surface area contributed by atoms with Gasteiger partial charge in [-0.05, 0) is 20.8 Å². The Balaban J connectivity index is 2.53. The quantitative estimate of drug-likeness (QED) is 0.558. The van der Waals surface area contributed by atoms with Gasteiger partial charge in [-0.1, -0.05) is 0 Å². The maximum atomic E-state index is 4.03. The van der Waals surface area contributed by atoms with Crippen LogP contribution in [0.1, 0.15) is 20.8 Å². The van der Waals surface area contributed by atoms with Crippen LogP contribution in [-0.4, -0.2) is 23.4 Å². The standard InChI is InChI=1S/C6H13N3/c1-5(2)9-4-7-8-6(9)3/h5,7H,4H2,1-3H3. The molecule has 1 heterocycles. The Hall–Kier alpha value is -0.730. The highest BCUT2D eigenvalue weighted by Crippen LogP contribution is 2.01. The van der Waals surface area contributed by atoms with Crippen molar-refractivity contribution in [1.29, 1.82) is 0 Å². The second-order valence-electron chi connectivity index (χ2n) is 2.54. The summed E-state index contributed by atoms with van der Waals surface area (Å²) in [5, 5.41) is 4.03. The summed E-state index contributed by atoms with van der Waals surface area (Å²) in [7, 11) is 0. The lowest BCUT2D eigenvalue weighted by atomic mass is 10.3. The van der Waals surface area contributed by atoms with E-state index in [4.69, 9.17) is 0 Å². The van der Waals surface area contributed by atoms with Crippen molar-refractivity contribution in [3.05, 3.63) is 0 Å². The first-order chi connectivity index (χ1) is 4.22. The number of nitrogens with zero attached hydrogens (tertiary/aromatic N) is 2. The summed E-state index contributed by atoms with van der Waals surface area (Å²) in [5.41, 5.74) is 2.92. The summed E-state index contributed by atoms with van der Waals surface area (Å²) in [6.07, 6.45) is 0. The molecule has 1 rings (SSSR count). The van der Waals surface area contributed by atoms with Crippen molar-refractivity contribution in [3.8, 4) is 0 Å². The van der Waals surface area contributed by atoms with Crippen molar-refractivity contribution < 1.29 is 0 Å². The average Bonchev–Trinajstić information content (AvgIpc) is 2.13. The van der Waals surface area contributed by atoms with E-state index in [0.717, 1.165) is 12.5 Å². The molecule has 0 atom stereocenters. The normalized spacial score (nSPS) is 18.2. The van der Waals surface area contributed by atoms with Gasteiger partial charge in [0.2, 0.25) is 0 Å². The van der Waals surface area contributed by atoms with E-state index in [0.29, 0.717) is 6.04 Å². The van der Waals surface area contributed by atoms with Gasteiger partial charge in [0.15, 0.2) is 0 Å². The topological polar surface area (TPSA) is 27.6 Å². The molecule has 0 saturated carbocycles. The molecule has 52 valence electrons. The lowest BCUT2D eigenvalue weighted by Crippen LogP contribution is -2.34. The van der Waals surface area contributed by atoms with Gasteiger partial charge in [0.1, 0.15) is 12.5 Å². The third-order valence-electron chi connectivity index (χ3n) is 1.52. The SMILES string of the molecule is CC1=NNCN1C(C)C. The maximum Gasteiger partial charge on any atom is 0.123 e. The number of hydrogen-bond donors (Lipinski definition) is 1. The van der Waals surface area contributed by atoms with Gasteiger partial charge in [0.25, 0.3) is 0 Å².